The first-order valence-corrected chi connectivity index (χ1v) is 10.7. The minimum atomic E-state index is -1.16. The van der Waals surface area contributed by atoms with Gasteiger partial charge in [0.1, 0.15) is 6.29 Å². The zero-order valence-corrected chi connectivity index (χ0v) is 17.4. The first-order valence-electron chi connectivity index (χ1n) is 9.88. The number of imide groups is 1. The molecule has 0 saturated carbocycles. The number of para-hydroxylation sites is 1. The minimum Gasteiger partial charge on any atom is -0.302 e. The predicted octanol–water partition coefficient (Wildman–Crippen LogP) is 4.20. The van der Waals surface area contributed by atoms with Crippen LogP contribution in [0.1, 0.15) is 28.2 Å². The smallest absolute Gasteiger partial charge is 0.239 e. The van der Waals surface area contributed by atoms with Gasteiger partial charge in [-0.1, -0.05) is 60.7 Å². The lowest BCUT2D eigenvalue weighted by Gasteiger charge is -2.51. The van der Waals surface area contributed by atoms with E-state index >= 15 is 0 Å². The standard InChI is InChI=1S/C25H16BrNO3/c26-18-11-5-6-12-19(18)27-23(29)21-20-14-7-1-3-9-16(14)25(13-28,22(21)24(27)30)17-10-4-2-8-15(17)20/h1-13,20-22H/t20?,21-,22+,25?/m1/s1. The highest BCUT2D eigenvalue weighted by atomic mass is 79.9. The van der Waals surface area contributed by atoms with E-state index in [0.717, 1.165) is 28.5 Å². The first-order chi connectivity index (χ1) is 14.6. The van der Waals surface area contributed by atoms with Crippen molar-refractivity contribution < 1.29 is 14.4 Å². The Morgan fingerprint density at radius 1 is 0.800 bits per heavy atom. The molecular formula is C25H16BrNO3. The number of aldehydes is 1. The monoisotopic (exact) mass is 457 g/mol. The maximum absolute atomic E-state index is 13.8. The zero-order valence-electron chi connectivity index (χ0n) is 15.8. The minimum absolute atomic E-state index is 0.239. The van der Waals surface area contributed by atoms with Gasteiger partial charge in [-0.05, 0) is 50.3 Å². The SMILES string of the molecule is O=CC12c3ccccc3C(c3ccccc31)[C@H]1C(=O)N(c3ccccc3Br)C(=O)[C@H]12. The van der Waals surface area contributed by atoms with E-state index in [4.69, 9.17) is 0 Å². The largest absolute Gasteiger partial charge is 0.302 e. The Labute approximate surface area is 181 Å². The number of benzene rings is 3. The van der Waals surface area contributed by atoms with Crippen molar-refractivity contribution in [1.29, 1.82) is 0 Å². The molecule has 5 heteroatoms. The Hall–Kier alpha value is -3.05. The molecule has 0 unspecified atom stereocenters. The van der Waals surface area contributed by atoms with E-state index in [1.807, 2.05) is 60.7 Å². The number of hydrogen-bond acceptors (Lipinski definition) is 3. The summed E-state index contributed by atoms with van der Waals surface area (Å²) < 4.78 is 0.674. The van der Waals surface area contributed by atoms with Gasteiger partial charge in [0.05, 0.1) is 22.9 Å². The molecule has 3 aromatic carbocycles. The van der Waals surface area contributed by atoms with Crippen molar-refractivity contribution in [3.63, 3.8) is 0 Å². The van der Waals surface area contributed by atoms with Gasteiger partial charge in [-0.25, -0.2) is 4.90 Å². The lowest BCUT2D eigenvalue weighted by atomic mass is 9.48. The summed E-state index contributed by atoms with van der Waals surface area (Å²) in [6.45, 7) is 0. The Morgan fingerprint density at radius 2 is 1.37 bits per heavy atom. The molecule has 2 amide bonds. The van der Waals surface area contributed by atoms with E-state index in [1.54, 1.807) is 12.1 Å². The van der Waals surface area contributed by atoms with Gasteiger partial charge in [0, 0.05) is 10.4 Å². The van der Waals surface area contributed by atoms with Crippen molar-refractivity contribution in [1.82, 2.24) is 0 Å². The molecule has 0 radical (unpaired) electrons. The molecule has 4 aliphatic rings. The fraction of sp³-hybridized carbons (Fsp3) is 0.160. The summed E-state index contributed by atoms with van der Waals surface area (Å²) in [6.07, 6.45) is 0.895. The number of rotatable bonds is 2. The van der Waals surface area contributed by atoms with E-state index in [2.05, 4.69) is 15.9 Å². The molecule has 30 heavy (non-hydrogen) atoms. The summed E-state index contributed by atoms with van der Waals surface area (Å²) in [4.78, 5) is 41.7. The lowest BCUT2D eigenvalue weighted by Crippen LogP contribution is -2.54. The highest BCUT2D eigenvalue weighted by molar-refractivity contribution is 9.10. The average molecular weight is 458 g/mol. The Bertz CT molecular complexity index is 1220. The molecule has 1 saturated heterocycles. The van der Waals surface area contributed by atoms with E-state index in [1.165, 1.54) is 4.90 Å². The molecule has 3 aliphatic carbocycles. The lowest BCUT2D eigenvalue weighted by molar-refractivity contribution is -0.128. The molecule has 7 rings (SSSR count). The number of carbonyl (C=O) groups excluding carboxylic acids is 3. The van der Waals surface area contributed by atoms with Crippen LogP contribution in [0.25, 0.3) is 0 Å². The third-order valence-corrected chi connectivity index (χ3v) is 7.63. The molecule has 3 aromatic rings. The van der Waals surface area contributed by atoms with E-state index in [0.29, 0.717) is 10.2 Å². The van der Waals surface area contributed by atoms with E-state index in [9.17, 15) is 14.4 Å². The maximum atomic E-state index is 13.8. The molecule has 146 valence electrons. The van der Waals surface area contributed by atoms with Crippen LogP contribution in [0.15, 0.2) is 77.3 Å². The number of nitrogens with zero attached hydrogens (tertiary/aromatic N) is 1. The van der Waals surface area contributed by atoms with Crippen LogP contribution in [-0.2, 0) is 19.8 Å². The molecule has 2 bridgehead atoms. The van der Waals surface area contributed by atoms with Crippen molar-refractivity contribution in [2.24, 2.45) is 11.8 Å². The van der Waals surface area contributed by atoms with Crippen LogP contribution in [0.3, 0.4) is 0 Å². The van der Waals surface area contributed by atoms with Gasteiger partial charge in [-0.15, -0.1) is 0 Å². The predicted molar refractivity (Wildman–Crippen MR) is 115 cm³/mol. The summed E-state index contributed by atoms with van der Waals surface area (Å²) in [7, 11) is 0. The van der Waals surface area contributed by atoms with Crippen LogP contribution >= 0.6 is 15.9 Å². The zero-order chi connectivity index (χ0) is 20.6. The van der Waals surface area contributed by atoms with Gasteiger partial charge >= 0.3 is 0 Å². The highest BCUT2D eigenvalue weighted by Gasteiger charge is 2.68. The van der Waals surface area contributed by atoms with Crippen LogP contribution in [0.2, 0.25) is 0 Å². The second-order valence-corrected chi connectivity index (χ2v) is 8.96. The highest BCUT2D eigenvalue weighted by Crippen LogP contribution is 2.63. The van der Waals surface area contributed by atoms with E-state index in [-0.39, 0.29) is 17.7 Å². The van der Waals surface area contributed by atoms with Gasteiger partial charge in [-0.3, -0.25) is 9.59 Å². The Balaban J connectivity index is 1.67. The van der Waals surface area contributed by atoms with Gasteiger partial charge in [0.2, 0.25) is 11.8 Å². The van der Waals surface area contributed by atoms with Crippen molar-refractivity contribution in [2.75, 3.05) is 4.90 Å². The normalized spacial score (nSPS) is 28.2. The van der Waals surface area contributed by atoms with Gasteiger partial charge < -0.3 is 4.79 Å². The first kappa shape index (κ1) is 17.8. The summed E-state index contributed by atoms with van der Waals surface area (Å²) in [5.74, 6) is -2.13. The quantitative estimate of drug-likeness (QED) is 0.428. The summed E-state index contributed by atoms with van der Waals surface area (Å²) in [5.41, 5.74) is 3.00. The number of halogens is 1. The van der Waals surface area contributed by atoms with Gasteiger partial charge in [0.15, 0.2) is 0 Å². The van der Waals surface area contributed by atoms with Gasteiger partial charge in [0.25, 0.3) is 0 Å². The summed E-state index contributed by atoms with van der Waals surface area (Å²) >= 11 is 3.48. The molecule has 2 atom stereocenters. The van der Waals surface area contributed by atoms with E-state index < -0.39 is 17.3 Å². The van der Waals surface area contributed by atoms with Crippen molar-refractivity contribution in [2.45, 2.75) is 11.3 Å². The maximum Gasteiger partial charge on any atom is 0.239 e. The van der Waals surface area contributed by atoms with Crippen LogP contribution in [-0.4, -0.2) is 18.1 Å². The summed E-state index contributed by atoms with van der Waals surface area (Å²) in [5, 5.41) is 0. The Kier molecular flexibility index (Phi) is 3.55. The molecular weight excluding hydrogens is 442 g/mol. The molecule has 1 fully saturated rings. The topological polar surface area (TPSA) is 54.5 Å². The average Bonchev–Trinajstić information content (AvgIpc) is 3.05. The molecule has 4 nitrogen and oxygen atoms in total. The van der Waals surface area contributed by atoms with Gasteiger partial charge in [-0.2, -0.15) is 0 Å². The second kappa shape index (κ2) is 5.99. The third-order valence-electron chi connectivity index (χ3n) is 6.96. The fourth-order valence-electron chi connectivity index (χ4n) is 5.90. The fourth-order valence-corrected chi connectivity index (χ4v) is 6.36. The second-order valence-electron chi connectivity index (χ2n) is 8.11. The molecule has 0 spiro atoms. The number of carbonyl (C=O) groups is 3. The van der Waals surface area contributed by atoms with Crippen LogP contribution in [0.5, 0.6) is 0 Å². The number of hydrogen-bond donors (Lipinski definition) is 0. The molecule has 1 aliphatic heterocycles. The van der Waals surface area contributed by atoms with Crippen molar-refractivity contribution in [3.05, 3.63) is 99.5 Å². The van der Waals surface area contributed by atoms with Crippen molar-refractivity contribution in [3.8, 4) is 0 Å². The van der Waals surface area contributed by atoms with Crippen LogP contribution in [0, 0.1) is 11.8 Å². The van der Waals surface area contributed by atoms with Crippen molar-refractivity contribution >= 4 is 39.7 Å². The molecule has 1 heterocycles. The van der Waals surface area contributed by atoms with Crippen LogP contribution in [0.4, 0.5) is 5.69 Å². The Morgan fingerprint density at radius 3 is 1.97 bits per heavy atom. The molecule has 0 aromatic heterocycles. The van der Waals surface area contributed by atoms with Crippen LogP contribution < -0.4 is 4.90 Å². The molecule has 0 N–H and O–H groups in total. The third kappa shape index (κ3) is 1.89. The number of amides is 2. The summed E-state index contributed by atoms with van der Waals surface area (Å²) in [6, 6.07) is 22.7. The number of anilines is 1.